The van der Waals surface area contributed by atoms with Gasteiger partial charge in [-0.3, -0.25) is 0 Å². The molecule has 1 saturated carbocycles. The summed E-state index contributed by atoms with van der Waals surface area (Å²) < 4.78 is 5.19. The average Bonchev–Trinajstić information content (AvgIpc) is 2.80. The zero-order valence-corrected chi connectivity index (χ0v) is 7.29. The molecule has 1 aromatic heterocycles. The van der Waals surface area contributed by atoms with Crippen molar-refractivity contribution < 1.29 is 4.42 Å². The average molecular weight is 154 g/mol. The molecule has 0 bridgehead atoms. The van der Waals surface area contributed by atoms with Gasteiger partial charge in [-0.2, -0.15) is 0 Å². The molecule has 62 valence electrons. The molecule has 0 saturated heterocycles. The van der Waals surface area contributed by atoms with E-state index in [1.54, 1.807) is 0 Å². The van der Waals surface area contributed by atoms with E-state index in [0.29, 0.717) is 11.8 Å². The summed E-state index contributed by atoms with van der Waals surface area (Å²) in [6.07, 6.45) is 2.45. The number of aromatic nitrogens is 2. The van der Waals surface area contributed by atoms with Gasteiger partial charge in [0.2, 0.25) is 11.8 Å². The van der Waals surface area contributed by atoms with Crippen molar-refractivity contribution in [2.75, 3.05) is 0 Å². The van der Waals surface area contributed by atoms with Crippen molar-refractivity contribution in [1.29, 1.82) is 0 Å². The van der Waals surface area contributed by atoms with Gasteiger partial charge in [-0.1, -0.05) is 13.8 Å². The summed E-state index contributed by atoms with van der Waals surface area (Å²) in [7, 11) is 0. The van der Waals surface area contributed by atoms with Crippen LogP contribution in [-0.2, 0) is 0 Å². The molecule has 3 nitrogen and oxygen atoms in total. The molecule has 0 amide bonds. The van der Waals surface area contributed by atoms with E-state index in [0.717, 1.165) is 5.89 Å². The SMILES string of the molecule is CC.Cc1nnc(C2CC2)o1. The van der Waals surface area contributed by atoms with Crippen molar-refractivity contribution in [3.63, 3.8) is 0 Å². The zero-order chi connectivity index (χ0) is 8.27. The Bertz CT molecular complexity index is 216. The standard InChI is InChI=1S/C6H8N2O.C2H6/c1-4-7-8-6(9-4)5-2-3-5;1-2/h5H,2-3H2,1H3;1-2H3. The molecule has 0 spiro atoms. The summed E-state index contributed by atoms with van der Waals surface area (Å²) in [6, 6.07) is 0. The first kappa shape index (κ1) is 8.24. The Hall–Kier alpha value is -0.860. The van der Waals surface area contributed by atoms with Crippen LogP contribution in [0.2, 0.25) is 0 Å². The van der Waals surface area contributed by atoms with Crippen LogP contribution in [0, 0.1) is 6.92 Å². The topological polar surface area (TPSA) is 38.9 Å². The third-order valence-corrected chi connectivity index (χ3v) is 1.47. The molecule has 1 heterocycles. The van der Waals surface area contributed by atoms with Crippen molar-refractivity contribution in [3.8, 4) is 0 Å². The van der Waals surface area contributed by atoms with Gasteiger partial charge in [-0.05, 0) is 12.8 Å². The first-order valence-corrected chi connectivity index (χ1v) is 4.16. The minimum atomic E-state index is 0.589. The van der Waals surface area contributed by atoms with Crippen molar-refractivity contribution in [2.24, 2.45) is 0 Å². The van der Waals surface area contributed by atoms with Crippen molar-refractivity contribution >= 4 is 0 Å². The molecule has 2 rings (SSSR count). The van der Waals surface area contributed by atoms with Crippen LogP contribution in [0.4, 0.5) is 0 Å². The number of nitrogens with zero attached hydrogens (tertiary/aromatic N) is 2. The van der Waals surface area contributed by atoms with Crippen molar-refractivity contribution in [2.45, 2.75) is 39.5 Å². The lowest BCUT2D eigenvalue weighted by Crippen LogP contribution is -1.75. The molecule has 1 fully saturated rings. The van der Waals surface area contributed by atoms with Crippen LogP contribution < -0.4 is 0 Å². The fourth-order valence-electron chi connectivity index (χ4n) is 0.807. The lowest BCUT2D eigenvalue weighted by Gasteiger charge is -1.80. The van der Waals surface area contributed by atoms with E-state index in [4.69, 9.17) is 4.42 Å². The van der Waals surface area contributed by atoms with Gasteiger partial charge in [0.15, 0.2) is 0 Å². The summed E-state index contributed by atoms with van der Waals surface area (Å²) in [6.45, 7) is 5.82. The van der Waals surface area contributed by atoms with E-state index < -0.39 is 0 Å². The number of hydrogen-bond donors (Lipinski definition) is 0. The lowest BCUT2D eigenvalue weighted by atomic mass is 10.4. The maximum Gasteiger partial charge on any atom is 0.219 e. The van der Waals surface area contributed by atoms with Crippen molar-refractivity contribution in [3.05, 3.63) is 11.8 Å². The molecule has 0 radical (unpaired) electrons. The molecule has 0 N–H and O–H groups in total. The van der Waals surface area contributed by atoms with E-state index >= 15 is 0 Å². The summed E-state index contributed by atoms with van der Waals surface area (Å²) in [5, 5.41) is 7.62. The van der Waals surface area contributed by atoms with Gasteiger partial charge >= 0.3 is 0 Å². The fraction of sp³-hybridized carbons (Fsp3) is 0.750. The molecule has 1 aliphatic rings. The second-order valence-electron chi connectivity index (χ2n) is 2.43. The molecule has 0 aliphatic heterocycles. The monoisotopic (exact) mass is 154 g/mol. The fourth-order valence-corrected chi connectivity index (χ4v) is 0.807. The third kappa shape index (κ3) is 2.03. The Balaban J connectivity index is 0.000000281. The van der Waals surface area contributed by atoms with Gasteiger partial charge in [-0.25, -0.2) is 0 Å². The lowest BCUT2D eigenvalue weighted by molar-refractivity contribution is 0.469. The predicted octanol–water partition coefficient (Wildman–Crippen LogP) is 2.28. The highest BCUT2D eigenvalue weighted by molar-refractivity contribution is 4.99. The van der Waals surface area contributed by atoms with E-state index in [1.165, 1.54) is 12.8 Å². The number of rotatable bonds is 1. The zero-order valence-electron chi connectivity index (χ0n) is 7.29. The van der Waals surface area contributed by atoms with Crippen LogP contribution in [0.1, 0.15) is 44.4 Å². The Morgan fingerprint density at radius 2 is 1.91 bits per heavy atom. The molecule has 3 heteroatoms. The van der Waals surface area contributed by atoms with Crippen LogP contribution in [0.3, 0.4) is 0 Å². The van der Waals surface area contributed by atoms with Gasteiger partial charge in [0.05, 0.1) is 0 Å². The molecule has 0 unspecified atom stereocenters. The Morgan fingerprint density at radius 3 is 2.27 bits per heavy atom. The highest BCUT2D eigenvalue weighted by Crippen LogP contribution is 2.38. The van der Waals surface area contributed by atoms with E-state index in [9.17, 15) is 0 Å². The number of hydrogen-bond acceptors (Lipinski definition) is 3. The largest absolute Gasteiger partial charge is 0.425 e. The Labute approximate surface area is 66.8 Å². The molecule has 1 aromatic rings. The first-order valence-electron chi connectivity index (χ1n) is 4.16. The first-order chi connectivity index (χ1) is 5.36. The van der Waals surface area contributed by atoms with Crippen LogP contribution in [0.15, 0.2) is 4.42 Å². The summed E-state index contributed by atoms with van der Waals surface area (Å²) in [5.41, 5.74) is 0. The van der Waals surface area contributed by atoms with Crippen LogP contribution in [0.25, 0.3) is 0 Å². The van der Waals surface area contributed by atoms with Crippen LogP contribution in [-0.4, -0.2) is 10.2 Å². The summed E-state index contributed by atoms with van der Waals surface area (Å²) in [5.74, 6) is 2.09. The Morgan fingerprint density at radius 1 is 1.27 bits per heavy atom. The molecule has 0 atom stereocenters. The summed E-state index contributed by atoms with van der Waals surface area (Å²) in [4.78, 5) is 0. The van der Waals surface area contributed by atoms with Crippen LogP contribution >= 0.6 is 0 Å². The Kier molecular flexibility index (Phi) is 2.63. The minimum absolute atomic E-state index is 0.589. The van der Waals surface area contributed by atoms with Gasteiger partial charge in [0.1, 0.15) is 0 Å². The van der Waals surface area contributed by atoms with E-state index in [1.807, 2.05) is 20.8 Å². The van der Waals surface area contributed by atoms with Gasteiger partial charge < -0.3 is 4.42 Å². The van der Waals surface area contributed by atoms with Gasteiger partial charge in [-0.15, -0.1) is 10.2 Å². The quantitative estimate of drug-likeness (QED) is 0.623. The maximum atomic E-state index is 5.19. The highest BCUT2D eigenvalue weighted by atomic mass is 16.4. The second kappa shape index (κ2) is 3.51. The van der Waals surface area contributed by atoms with Gasteiger partial charge in [0, 0.05) is 12.8 Å². The normalized spacial score (nSPS) is 15.5. The summed E-state index contributed by atoms with van der Waals surface area (Å²) >= 11 is 0. The van der Waals surface area contributed by atoms with Crippen molar-refractivity contribution in [1.82, 2.24) is 10.2 Å². The smallest absolute Gasteiger partial charge is 0.219 e. The van der Waals surface area contributed by atoms with Gasteiger partial charge in [0.25, 0.3) is 0 Å². The molecular formula is C8H14N2O. The predicted molar refractivity (Wildman–Crippen MR) is 42.4 cm³/mol. The minimum Gasteiger partial charge on any atom is -0.425 e. The maximum absolute atomic E-state index is 5.19. The molecule has 11 heavy (non-hydrogen) atoms. The molecule has 1 aliphatic carbocycles. The molecular weight excluding hydrogens is 140 g/mol. The van der Waals surface area contributed by atoms with E-state index in [2.05, 4.69) is 10.2 Å². The van der Waals surface area contributed by atoms with Crippen LogP contribution in [0.5, 0.6) is 0 Å². The third-order valence-electron chi connectivity index (χ3n) is 1.47. The number of aryl methyl sites for hydroxylation is 1. The highest BCUT2D eigenvalue weighted by Gasteiger charge is 2.28. The van der Waals surface area contributed by atoms with E-state index in [-0.39, 0.29) is 0 Å². The second-order valence-corrected chi connectivity index (χ2v) is 2.43. The molecule has 0 aromatic carbocycles.